The van der Waals surface area contributed by atoms with Gasteiger partial charge in [-0.15, -0.1) is 0 Å². The van der Waals surface area contributed by atoms with Crippen molar-refractivity contribution in [2.75, 3.05) is 25.0 Å². The van der Waals surface area contributed by atoms with E-state index in [0.717, 1.165) is 55.2 Å². The topological polar surface area (TPSA) is 72.5 Å². The predicted molar refractivity (Wildman–Crippen MR) is 118 cm³/mol. The van der Waals surface area contributed by atoms with Gasteiger partial charge in [-0.1, -0.05) is 6.07 Å². The van der Waals surface area contributed by atoms with Crippen LogP contribution in [0.15, 0.2) is 53.1 Å². The van der Waals surface area contributed by atoms with E-state index >= 15 is 0 Å². The molecule has 10 heteroatoms. The second-order valence-corrected chi connectivity index (χ2v) is 8.90. The van der Waals surface area contributed by atoms with Crippen molar-refractivity contribution in [1.29, 1.82) is 0 Å². The number of furan rings is 1. The van der Waals surface area contributed by atoms with Crippen molar-refractivity contribution < 1.29 is 27.1 Å². The number of nitrogens with one attached hydrogen (secondary N) is 1. The van der Waals surface area contributed by atoms with E-state index in [1.54, 1.807) is 6.26 Å². The van der Waals surface area contributed by atoms with Gasteiger partial charge in [-0.2, -0.15) is 18.3 Å². The summed E-state index contributed by atoms with van der Waals surface area (Å²) < 4.78 is 51.4. The number of hydrogen-bond donors (Lipinski definition) is 1. The predicted octanol–water partition coefficient (Wildman–Crippen LogP) is 5.13. The van der Waals surface area contributed by atoms with Crippen molar-refractivity contribution in [3.05, 3.63) is 60.0 Å². The van der Waals surface area contributed by atoms with Crippen LogP contribution in [0.4, 0.5) is 23.7 Å². The summed E-state index contributed by atoms with van der Waals surface area (Å²) in [6.45, 7) is 1.95. The van der Waals surface area contributed by atoms with Crippen molar-refractivity contribution in [2.45, 2.75) is 31.0 Å². The zero-order chi connectivity index (χ0) is 23.9. The number of amides is 1. The maximum absolute atomic E-state index is 12.9. The number of anilines is 1. The molecule has 3 aliphatic heterocycles. The third kappa shape index (κ3) is 4.54. The van der Waals surface area contributed by atoms with E-state index in [2.05, 4.69) is 21.4 Å². The van der Waals surface area contributed by atoms with E-state index in [0.29, 0.717) is 11.8 Å². The van der Waals surface area contributed by atoms with Crippen molar-refractivity contribution in [2.24, 2.45) is 13.0 Å². The van der Waals surface area contributed by atoms with Gasteiger partial charge in [0.2, 0.25) is 0 Å². The smallest absolute Gasteiger partial charge is 0.416 e. The highest BCUT2D eigenvalue weighted by Gasteiger charge is 2.42. The Hall–Kier alpha value is -3.27. The van der Waals surface area contributed by atoms with E-state index in [1.165, 1.54) is 12.1 Å². The van der Waals surface area contributed by atoms with Gasteiger partial charge < -0.3 is 9.15 Å². The van der Waals surface area contributed by atoms with E-state index in [-0.39, 0.29) is 18.3 Å². The Bertz CT molecular complexity index is 1160. The Morgan fingerprint density at radius 2 is 2.12 bits per heavy atom. The van der Waals surface area contributed by atoms with Gasteiger partial charge in [-0.05, 0) is 61.7 Å². The SMILES string of the molecule is Cn1nc(-c2ccco2)cc1[C@H]1CN2CC[C@H]1C[C@@H]2COC(=O)Nc1cccc(C(F)(F)F)c1. The van der Waals surface area contributed by atoms with Crippen LogP contribution in [-0.2, 0) is 18.0 Å². The first-order chi connectivity index (χ1) is 16.3. The van der Waals surface area contributed by atoms with Gasteiger partial charge in [0.05, 0.1) is 11.8 Å². The standard InChI is InChI=1S/C24H25F3N4O3/c1-30-21(12-20(29-30)22-6-3-9-33-22)19-13-31-8-7-15(19)10-18(31)14-34-23(32)28-17-5-2-4-16(11-17)24(25,26)27/h2-6,9,11-12,15,18-19H,7-8,10,13-14H2,1H3,(H,28,32)/t15-,18+,19-/m0/s1. The lowest BCUT2D eigenvalue weighted by molar-refractivity contribution is -0.137. The van der Waals surface area contributed by atoms with Crippen LogP contribution in [-0.4, -0.2) is 46.5 Å². The number of piperidine rings is 3. The first-order valence-electron chi connectivity index (χ1n) is 11.2. The van der Waals surface area contributed by atoms with Gasteiger partial charge in [0, 0.05) is 36.9 Å². The summed E-state index contributed by atoms with van der Waals surface area (Å²) >= 11 is 0. The minimum absolute atomic E-state index is 0.0499. The Morgan fingerprint density at radius 1 is 1.26 bits per heavy atom. The minimum Gasteiger partial charge on any atom is -0.463 e. The maximum Gasteiger partial charge on any atom is 0.416 e. The van der Waals surface area contributed by atoms with Gasteiger partial charge in [0.1, 0.15) is 12.3 Å². The highest BCUT2D eigenvalue weighted by Crippen LogP contribution is 2.42. The number of hydrogen-bond acceptors (Lipinski definition) is 5. The number of alkyl halides is 3. The molecule has 3 fully saturated rings. The van der Waals surface area contributed by atoms with Crippen LogP contribution in [0.5, 0.6) is 0 Å². The van der Waals surface area contributed by atoms with Gasteiger partial charge >= 0.3 is 12.3 Å². The quantitative estimate of drug-likeness (QED) is 0.555. The number of rotatable bonds is 5. The molecule has 4 atom stereocenters. The summed E-state index contributed by atoms with van der Waals surface area (Å²) in [5.41, 5.74) is 1.19. The molecule has 3 aromatic rings. The van der Waals surface area contributed by atoms with Gasteiger partial charge in [-0.3, -0.25) is 14.9 Å². The number of carbonyl (C=O) groups excluding carboxylic acids is 1. The zero-order valence-electron chi connectivity index (χ0n) is 18.6. The van der Waals surface area contributed by atoms with Gasteiger partial charge in [-0.25, -0.2) is 4.79 Å². The number of halogens is 3. The van der Waals surface area contributed by atoms with Crippen LogP contribution in [0.1, 0.15) is 30.0 Å². The summed E-state index contributed by atoms with van der Waals surface area (Å²) in [6.07, 6.45) is -1.67. The fourth-order valence-corrected chi connectivity index (χ4v) is 5.12. The number of aromatic nitrogens is 2. The Morgan fingerprint density at radius 3 is 2.82 bits per heavy atom. The molecule has 5 heterocycles. The van der Waals surface area contributed by atoms with Gasteiger partial charge in [0.25, 0.3) is 0 Å². The second kappa shape index (κ2) is 8.83. The van der Waals surface area contributed by atoms with E-state index in [4.69, 9.17) is 9.15 Å². The fourth-order valence-electron chi connectivity index (χ4n) is 5.12. The molecule has 1 unspecified atom stereocenters. The molecule has 0 radical (unpaired) electrons. The van der Waals surface area contributed by atoms with Crippen molar-refractivity contribution >= 4 is 11.8 Å². The maximum atomic E-state index is 12.9. The molecule has 0 aliphatic carbocycles. The molecule has 7 nitrogen and oxygen atoms in total. The fraction of sp³-hybridized carbons (Fsp3) is 0.417. The van der Waals surface area contributed by atoms with E-state index in [9.17, 15) is 18.0 Å². The molecule has 180 valence electrons. The number of ether oxygens (including phenoxy) is 1. The first-order valence-corrected chi connectivity index (χ1v) is 11.2. The van der Waals surface area contributed by atoms with Crippen LogP contribution in [0.3, 0.4) is 0 Å². The molecule has 2 bridgehead atoms. The van der Waals surface area contributed by atoms with E-state index < -0.39 is 17.8 Å². The van der Waals surface area contributed by atoms with Crippen LogP contribution in [0.25, 0.3) is 11.5 Å². The molecule has 1 N–H and O–H groups in total. The lowest BCUT2D eigenvalue weighted by Gasteiger charge is -2.49. The van der Waals surface area contributed by atoms with Crippen LogP contribution in [0.2, 0.25) is 0 Å². The third-order valence-electron chi connectivity index (χ3n) is 6.79. The van der Waals surface area contributed by atoms with Gasteiger partial charge in [0.15, 0.2) is 5.76 Å². The summed E-state index contributed by atoms with van der Waals surface area (Å²) in [7, 11) is 1.94. The molecule has 6 rings (SSSR count). The summed E-state index contributed by atoms with van der Waals surface area (Å²) in [5.74, 6) is 1.50. The largest absolute Gasteiger partial charge is 0.463 e. The molecule has 1 aromatic carbocycles. The van der Waals surface area contributed by atoms with Crippen LogP contribution in [0, 0.1) is 5.92 Å². The molecule has 1 amide bonds. The minimum atomic E-state index is -4.47. The molecule has 0 spiro atoms. The molecule has 0 saturated carbocycles. The van der Waals surface area contributed by atoms with Crippen molar-refractivity contribution in [3.63, 3.8) is 0 Å². The normalized spacial score (nSPS) is 24.2. The highest BCUT2D eigenvalue weighted by atomic mass is 19.4. The summed E-state index contributed by atoms with van der Waals surface area (Å²) in [6, 6.07) is 10.4. The number of carbonyl (C=O) groups is 1. The summed E-state index contributed by atoms with van der Waals surface area (Å²) in [5, 5.41) is 7.00. The monoisotopic (exact) mass is 474 g/mol. The van der Waals surface area contributed by atoms with Crippen LogP contribution < -0.4 is 5.32 Å². The lowest BCUT2D eigenvalue weighted by Crippen LogP contribution is -2.54. The Kier molecular flexibility index (Phi) is 5.85. The number of nitrogens with zero attached hydrogens (tertiary/aromatic N) is 3. The number of fused-ring (bicyclic) bond motifs is 3. The van der Waals surface area contributed by atoms with Crippen molar-refractivity contribution in [3.8, 4) is 11.5 Å². The van der Waals surface area contributed by atoms with Crippen molar-refractivity contribution in [1.82, 2.24) is 14.7 Å². The Labute approximate surface area is 194 Å². The van der Waals surface area contributed by atoms with E-state index in [1.807, 2.05) is 23.9 Å². The first kappa shape index (κ1) is 22.5. The molecule has 34 heavy (non-hydrogen) atoms. The van der Waals surface area contributed by atoms with Crippen LogP contribution >= 0.6 is 0 Å². The number of benzene rings is 1. The highest BCUT2D eigenvalue weighted by molar-refractivity contribution is 5.84. The molecular formula is C24H25F3N4O3. The third-order valence-corrected chi connectivity index (χ3v) is 6.79. The molecule has 3 saturated heterocycles. The average Bonchev–Trinajstić information content (AvgIpc) is 3.47. The zero-order valence-corrected chi connectivity index (χ0v) is 18.6. The number of aryl methyl sites for hydroxylation is 1. The molecular weight excluding hydrogens is 449 g/mol. The second-order valence-electron chi connectivity index (χ2n) is 8.90. The average molecular weight is 474 g/mol. The lowest BCUT2D eigenvalue weighted by atomic mass is 9.74. The molecule has 2 aromatic heterocycles. The molecule has 3 aliphatic rings. The Balaban J connectivity index is 1.18. The summed E-state index contributed by atoms with van der Waals surface area (Å²) in [4.78, 5) is 14.5.